The predicted molar refractivity (Wildman–Crippen MR) is 28.2 cm³/mol. The highest BCUT2D eigenvalue weighted by molar-refractivity contribution is 5.62. The topological polar surface area (TPSA) is 17.1 Å². The van der Waals surface area contributed by atoms with Gasteiger partial charge in [-0.05, 0) is 0 Å². The van der Waals surface area contributed by atoms with Crippen molar-refractivity contribution in [3.63, 3.8) is 0 Å². The smallest absolute Gasteiger partial charge is 0.265 e. The lowest BCUT2D eigenvalue weighted by atomic mass is 10.3. The Morgan fingerprint density at radius 2 is 2.00 bits per heavy atom. The van der Waals surface area contributed by atoms with E-state index in [0.29, 0.717) is 0 Å². The zero-order valence-corrected chi connectivity index (χ0v) is 4.68. The van der Waals surface area contributed by atoms with Gasteiger partial charge in [0.15, 0.2) is 0 Å². The van der Waals surface area contributed by atoms with Gasteiger partial charge in [-0.1, -0.05) is 6.08 Å². The predicted octanol–water partition coefficient (Wildman–Crippen LogP) is 1.25. The molecular formula is C6H6F2O. The van der Waals surface area contributed by atoms with Gasteiger partial charge >= 0.3 is 0 Å². The summed E-state index contributed by atoms with van der Waals surface area (Å²) in [7, 11) is 0. The van der Waals surface area contributed by atoms with Crippen LogP contribution in [0.5, 0.6) is 0 Å². The molecule has 1 fully saturated rings. The number of carbonyl (C=O) groups excluding carboxylic acids is 1. The van der Waals surface area contributed by atoms with Crippen LogP contribution < -0.4 is 0 Å². The lowest BCUT2D eigenvalue weighted by molar-refractivity contribution is -0.110. The summed E-state index contributed by atoms with van der Waals surface area (Å²) in [6, 6.07) is 0. The van der Waals surface area contributed by atoms with Crippen molar-refractivity contribution in [2.24, 2.45) is 11.8 Å². The Morgan fingerprint density at radius 3 is 2.11 bits per heavy atom. The molecule has 0 aliphatic heterocycles. The molecule has 1 saturated carbocycles. The normalized spacial score (nSPS) is 37.6. The minimum atomic E-state index is -2.80. The van der Waals surface area contributed by atoms with E-state index in [-0.39, 0.29) is 6.29 Å². The number of alkyl halides is 2. The molecule has 0 saturated heterocycles. The lowest BCUT2D eigenvalue weighted by Crippen LogP contribution is -1.93. The maximum absolute atomic E-state index is 12.2. The molecule has 9 heavy (non-hydrogen) atoms. The van der Waals surface area contributed by atoms with E-state index >= 15 is 0 Å². The van der Waals surface area contributed by atoms with E-state index in [0.717, 1.165) is 6.08 Å². The molecule has 0 spiro atoms. The van der Waals surface area contributed by atoms with Crippen molar-refractivity contribution in [1.29, 1.82) is 0 Å². The monoisotopic (exact) mass is 132 g/mol. The Morgan fingerprint density at radius 1 is 1.44 bits per heavy atom. The summed E-state index contributed by atoms with van der Waals surface area (Å²) >= 11 is 0. The highest BCUT2D eigenvalue weighted by Crippen LogP contribution is 2.54. The van der Waals surface area contributed by atoms with E-state index in [1.54, 1.807) is 0 Å². The van der Waals surface area contributed by atoms with E-state index in [2.05, 4.69) is 6.58 Å². The third-order valence-electron chi connectivity index (χ3n) is 1.57. The summed E-state index contributed by atoms with van der Waals surface area (Å²) < 4.78 is 24.3. The molecule has 0 N–H and O–H groups in total. The molecule has 1 aliphatic carbocycles. The summed E-state index contributed by atoms with van der Waals surface area (Å²) in [5.41, 5.74) is 0. The summed E-state index contributed by atoms with van der Waals surface area (Å²) in [5.74, 6) is -4.81. The molecule has 0 unspecified atom stereocenters. The van der Waals surface area contributed by atoms with Crippen LogP contribution in [0.25, 0.3) is 0 Å². The zero-order valence-electron chi connectivity index (χ0n) is 4.68. The number of allylic oxidation sites excluding steroid dienone is 1. The Balaban J connectivity index is 2.64. The van der Waals surface area contributed by atoms with Crippen LogP contribution in [0.15, 0.2) is 12.7 Å². The molecule has 0 aromatic carbocycles. The van der Waals surface area contributed by atoms with Crippen LogP contribution in [0, 0.1) is 11.8 Å². The molecule has 1 aliphatic rings. The molecule has 0 heterocycles. The van der Waals surface area contributed by atoms with Crippen molar-refractivity contribution in [3.05, 3.63) is 12.7 Å². The van der Waals surface area contributed by atoms with Gasteiger partial charge in [0.1, 0.15) is 6.29 Å². The summed E-state index contributed by atoms with van der Waals surface area (Å²) in [6.07, 6.45) is 1.41. The highest BCUT2D eigenvalue weighted by Gasteiger charge is 2.66. The fourth-order valence-corrected chi connectivity index (χ4v) is 0.854. The Kier molecular flexibility index (Phi) is 1.15. The fourth-order valence-electron chi connectivity index (χ4n) is 0.854. The van der Waals surface area contributed by atoms with Crippen molar-refractivity contribution >= 4 is 6.29 Å². The van der Waals surface area contributed by atoms with E-state index in [1.165, 1.54) is 0 Å². The molecule has 0 radical (unpaired) electrons. The van der Waals surface area contributed by atoms with Gasteiger partial charge < -0.3 is 4.79 Å². The Bertz CT molecular complexity index is 137. The average molecular weight is 132 g/mol. The molecular weight excluding hydrogens is 126 g/mol. The largest absolute Gasteiger partial charge is 0.303 e. The first kappa shape index (κ1) is 6.39. The van der Waals surface area contributed by atoms with E-state index in [9.17, 15) is 13.6 Å². The van der Waals surface area contributed by atoms with E-state index in [1.807, 2.05) is 0 Å². The third-order valence-corrected chi connectivity index (χ3v) is 1.57. The quantitative estimate of drug-likeness (QED) is 0.408. The summed E-state index contributed by atoms with van der Waals surface area (Å²) in [4.78, 5) is 9.82. The van der Waals surface area contributed by atoms with Crippen LogP contribution >= 0.6 is 0 Å². The van der Waals surface area contributed by atoms with Crippen molar-refractivity contribution in [3.8, 4) is 0 Å². The van der Waals surface area contributed by atoms with Crippen LogP contribution in [0.1, 0.15) is 0 Å². The molecule has 0 aromatic rings. The molecule has 0 aromatic heterocycles. The van der Waals surface area contributed by atoms with Crippen molar-refractivity contribution in [2.45, 2.75) is 5.92 Å². The van der Waals surface area contributed by atoms with Gasteiger partial charge in [-0.15, -0.1) is 6.58 Å². The standard InChI is InChI=1S/C6H6F2O/c1-2-4-5(3-9)6(4,7)8/h2-5H,1H2/t4-,5-/m0/s1. The Labute approximate surface area is 51.4 Å². The summed E-state index contributed by atoms with van der Waals surface area (Å²) in [5, 5.41) is 0. The molecule has 3 heteroatoms. The highest BCUT2D eigenvalue weighted by atomic mass is 19.3. The average Bonchev–Trinajstić information content (AvgIpc) is 2.32. The number of hydrogen-bond acceptors (Lipinski definition) is 1. The molecule has 1 nitrogen and oxygen atoms in total. The van der Waals surface area contributed by atoms with Gasteiger partial charge in [0.05, 0.1) is 11.8 Å². The van der Waals surface area contributed by atoms with Gasteiger partial charge in [-0.25, -0.2) is 8.78 Å². The fraction of sp³-hybridized carbons (Fsp3) is 0.500. The van der Waals surface area contributed by atoms with Crippen LogP contribution in [0.2, 0.25) is 0 Å². The zero-order chi connectivity index (χ0) is 7.07. The first-order valence-corrected chi connectivity index (χ1v) is 2.60. The maximum Gasteiger partial charge on any atom is 0.265 e. The SMILES string of the molecule is C=C[C@H]1[C@H](C=O)C1(F)F. The van der Waals surface area contributed by atoms with Crippen LogP contribution in [-0.2, 0) is 4.79 Å². The number of hydrogen-bond donors (Lipinski definition) is 0. The molecule has 0 bridgehead atoms. The first-order chi connectivity index (χ1) is 4.14. The first-order valence-electron chi connectivity index (χ1n) is 2.60. The van der Waals surface area contributed by atoms with E-state index < -0.39 is 17.8 Å². The number of rotatable bonds is 2. The van der Waals surface area contributed by atoms with Gasteiger partial charge in [0, 0.05) is 0 Å². The van der Waals surface area contributed by atoms with Crippen molar-refractivity contribution < 1.29 is 13.6 Å². The van der Waals surface area contributed by atoms with Gasteiger partial charge in [-0.3, -0.25) is 0 Å². The van der Waals surface area contributed by atoms with Crippen molar-refractivity contribution in [2.75, 3.05) is 0 Å². The number of carbonyl (C=O) groups is 1. The van der Waals surface area contributed by atoms with Gasteiger partial charge in [0.2, 0.25) is 0 Å². The van der Waals surface area contributed by atoms with Gasteiger partial charge in [-0.2, -0.15) is 0 Å². The van der Waals surface area contributed by atoms with Crippen LogP contribution in [-0.4, -0.2) is 12.2 Å². The second-order valence-corrected chi connectivity index (χ2v) is 2.10. The maximum atomic E-state index is 12.2. The minimum Gasteiger partial charge on any atom is -0.303 e. The number of aldehydes is 1. The lowest BCUT2D eigenvalue weighted by Gasteiger charge is -1.84. The minimum absolute atomic E-state index is 0.284. The molecule has 0 amide bonds. The second-order valence-electron chi connectivity index (χ2n) is 2.10. The summed E-state index contributed by atoms with van der Waals surface area (Å²) in [6.45, 7) is 3.18. The van der Waals surface area contributed by atoms with Gasteiger partial charge in [0.25, 0.3) is 5.92 Å². The molecule has 2 atom stereocenters. The number of halogens is 2. The Hall–Kier alpha value is -0.730. The van der Waals surface area contributed by atoms with Crippen LogP contribution in [0.4, 0.5) is 8.78 Å². The third kappa shape index (κ3) is 0.677. The second kappa shape index (κ2) is 1.62. The molecule has 1 rings (SSSR count). The van der Waals surface area contributed by atoms with Crippen molar-refractivity contribution in [1.82, 2.24) is 0 Å². The van der Waals surface area contributed by atoms with Crippen LogP contribution in [0.3, 0.4) is 0 Å². The molecule has 50 valence electrons. The van der Waals surface area contributed by atoms with E-state index in [4.69, 9.17) is 0 Å².